The minimum Gasteiger partial charge on any atom is -0.467 e. The number of nitrogens with zero attached hydrogens (tertiary/aromatic N) is 1. The highest BCUT2D eigenvalue weighted by Crippen LogP contribution is 2.24. The summed E-state index contributed by atoms with van der Waals surface area (Å²) >= 11 is 0. The van der Waals surface area contributed by atoms with E-state index < -0.39 is 6.10 Å². The number of rotatable bonds is 5. The van der Waals surface area contributed by atoms with Crippen LogP contribution in [0.3, 0.4) is 0 Å². The first-order valence-electron chi connectivity index (χ1n) is 8.22. The van der Waals surface area contributed by atoms with Gasteiger partial charge in [-0.25, -0.2) is 0 Å². The highest BCUT2D eigenvalue weighted by Gasteiger charge is 2.27. The lowest BCUT2D eigenvalue weighted by Crippen LogP contribution is -2.45. The predicted molar refractivity (Wildman–Crippen MR) is 89.2 cm³/mol. The fraction of sp³-hybridized carbons (Fsp3) is 0.474. The van der Waals surface area contributed by atoms with Gasteiger partial charge in [0, 0.05) is 19.1 Å². The molecule has 2 atom stereocenters. The summed E-state index contributed by atoms with van der Waals surface area (Å²) in [6, 6.07) is 10.5. The first-order chi connectivity index (χ1) is 11.1. The summed E-state index contributed by atoms with van der Waals surface area (Å²) in [5, 5.41) is 10.4. The topological polar surface area (TPSA) is 45.8 Å². The molecule has 2 unspecified atom stereocenters. The Balaban J connectivity index is 1.68. The van der Waals surface area contributed by atoms with Gasteiger partial charge in [-0.1, -0.05) is 29.3 Å². The largest absolute Gasteiger partial charge is 0.467 e. The number of furan rings is 1. The van der Waals surface area contributed by atoms with Crippen LogP contribution in [0.2, 0.25) is 0 Å². The number of hydrogen-bond donors (Lipinski definition) is 1. The van der Waals surface area contributed by atoms with E-state index in [9.17, 15) is 5.11 Å². The van der Waals surface area contributed by atoms with E-state index in [0.717, 1.165) is 19.7 Å². The normalized spacial score (nSPS) is 20.6. The molecule has 0 spiro atoms. The molecule has 0 saturated carbocycles. The van der Waals surface area contributed by atoms with Gasteiger partial charge >= 0.3 is 0 Å². The van der Waals surface area contributed by atoms with Gasteiger partial charge in [0.25, 0.3) is 0 Å². The molecular weight excluding hydrogens is 290 g/mol. The smallest absolute Gasteiger partial charge is 0.132 e. The second kappa shape index (κ2) is 7.30. The van der Waals surface area contributed by atoms with Gasteiger partial charge in [0.2, 0.25) is 0 Å². The van der Waals surface area contributed by atoms with Crippen molar-refractivity contribution in [3.8, 4) is 0 Å². The summed E-state index contributed by atoms with van der Waals surface area (Å²) in [6.45, 7) is 7.45. The Bertz CT molecular complexity index is 603. The van der Waals surface area contributed by atoms with Gasteiger partial charge < -0.3 is 14.3 Å². The molecule has 0 aliphatic carbocycles. The molecule has 0 bridgehead atoms. The van der Waals surface area contributed by atoms with Gasteiger partial charge in [-0.2, -0.15) is 0 Å². The molecule has 1 aromatic carbocycles. The zero-order chi connectivity index (χ0) is 16.2. The van der Waals surface area contributed by atoms with Crippen LogP contribution < -0.4 is 0 Å². The molecular formula is C19H25NO3. The van der Waals surface area contributed by atoms with E-state index >= 15 is 0 Å². The SMILES string of the molecule is Cc1cc(C)cc(CN2CCOCC2CC(O)c2ccco2)c1. The summed E-state index contributed by atoms with van der Waals surface area (Å²) in [7, 11) is 0. The standard InChI is InChI=1S/C19H25NO3/c1-14-8-15(2)10-16(9-14)12-20-5-7-22-13-17(20)11-18(21)19-4-3-6-23-19/h3-4,6,8-10,17-18,21H,5,7,11-13H2,1-2H3. The van der Waals surface area contributed by atoms with E-state index in [-0.39, 0.29) is 6.04 Å². The van der Waals surface area contributed by atoms with Crippen molar-refractivity contribution in [1.29, 1.82) is 0 Å². The van der Waals surface area contributed by atoms with Crippen molar-refractivity contribution in [3.63, 3.8) is 0 Å². The molecule has 1 saturated heterocycles. The quantitative estimate of drug-likeness (QED) is 0.920. The molecule has 2 aromatic rings. The highest BCUT2D eigenvalue weighted by molar-refractivity contribution is 5.28. The van der Waals surface area contributed by atoms with Gasteiger partial charge in [-0.15, -0.1) is 0 Å². The Kier molecular flexibility index (Phi) is 5.16. The number of morpholine rings is 1. The Hall–Kier alpha value is -1.62. The number of aliphatic hydroxyl groups is 1. The van der Waals surface area contributed by atoms with Crippen LogP contribution in [0.1, 0.15) is 35.0 Å². The third kappa shape index (κ3) is 4.22. The Morgan fingerprint density at radius 2 is 2.04 bits per heavy atom. The van der Waals surface area contributed by atoms with Crippen molar-refractivity contribution in [2.75, 3.05) is 19.8 Å². The van der Waals surface area contributed by atoms with Gasteiger partial charge in [-0.3, -0.25) is 4.90 Å². The van der Waals surface area contributed by atoms with E-state index in [1.807, 2.05) is 12.1 Å². The lowest BCUT2D eigenvalue weighted by molar-refractivity contribution is -0.0323. The molecule has 0 radical (unpaired) electrons. The number of hydrogen-bond acceptors (Lipinski definition) is 4. The second-order valence-corrected chi connectivity index (χ2v) is 6.46. The number of aryl methyl sites for hydroxylation is 2. The van der Waals surface area contributed by atoms with E-state index in [1.54, 1.807) is 6.26 Å². The molecule has 4 heteroatoms. The lowest BCUT2D eigenvalue weighted by Gasteiger charge is -2.36. The number of ether oxygens (including phenoxy) is 1. The second-order valence-electron chi connectivity index (χ2n) is 6.46. The first-order valence-corrected chi connectivity index (χ1v) is 8.22. The van der Waals surface area contributed by atoms with Crippen molar-refractivity contribution < 1.29 is 14.3 Å². The van der Waals surface area contributed by atoms with Crippen molar-refractivity contribution in [3.05, 3.63) is 59.0 Å². The minimum atomic E-state index is -0.585. The maximum absolute atomic E-state index is 10.4. The summed E-state index contributed by atoms with van der Waals surface area (Å²) in [6.07, 6.45) is 1.64. The number of aliphatic hydroxyl groups excluding tert-OH is 1. The molecule has 23 heavy (non-hydrogen) atoms. The van der Waals surface area contributed by atoms with Gasteiger partial charge in [-0.05, 0) is 38.0 Å². The molecule has 2 heterocycles. The number of benzene rings is 1. The maximum atomic E-state index is 10.4. The Morgan fingerprint density at radius 1 is 1.26 bits per heavy atom. The summed E-state index contributed by atoms with van der Waals surface area (Å²) in [5.74, 6) is 0.627. The van der Waals surface area contributed by atoms with E-state index in [2.05, 4.69) is 36.9 Å². The molecule has 124 valence electrons. The summed E-state index contributed by atoms with van der Waals surface area (Å²) < 4.78 is 10.9. The van der Waals surface area contributed by atoms with Crippen molar-refractivity contribution in [1.82, 2.24) is 4.90 Å². The molecule has 3 rings (SSSR count). The summed E-state index contributed by atoms with van der Waals surface area (Å²) in [4.78, 5) is 2.41. The predicted octanol–water partition coefficient (Wildman–Crippen LogP) is 3.22. The van der Waals surface area contributed by atoms with Crippen LogP contribution in [0, 0.1) is 13.8 Å². The fourth-order valence-corrected chi connectivity index (χ4v) is 3.36. The van der Waals surface area contributed by atoms with Gasteiger partial charge in [0.1, 0.15) is 11.9 Å². The van der Waals surface area contributed by atoms with Crippen LogP contribution in [0.15, 0.2) is 41.0 Å². The average molecular weight is 315 g/mol. The molecule has 0 amide bonds. The third-order valence-electron chi connectivity index (χ3n) is 4.38. The van der Waals surface area contributed by atoms with Crippen LogP contribution in [0.5, 0.6) is 0 Å². The first kappa shape index (κ1) is 16.2. The lowest BCUT2D eigenvalue weighted by atomic mass is 10.0. The van der Waals surface area contributed by atoms with E-state index in [4.69, 9.17) is 9.15 Å². The molecule has 1 fully saturated rings. The zero-order valence-electron chi connectivity index (χ0n) is 13.9. The Labute approximate surface area is 137 Å². The van der Waals surface area contributed by atoms with E-state index in [1.165, 1.54) is 16.7 Å². The summed E-state index contributed by atoms with van der Waals surface area (Å²) in [5.41, 5.74) is 3.91. The molecule has 1 aliphatic rings. The Morgan fingerprint density at radius 3 is 2.74 bits per heavy atom. The van der Waals surface area contributed by atoms with Gasteiger partial charge in [0.05, 0.1) is 19.5 Å². The van der Waals surface area contributed by atoms with Crippen LogP contribution in [0.25, 0.3) is 0 Å². The van der Waals surface area contributed by atoms with Crippen molar-refractivity contribution in [2.24, 2.45) is 0 Å². The highest BCUT2D eigenvalue weighted by atomic mass is 16.5. The molecule has 4 nitrogen and oxygen atoms in total. The van der Waals surface area contributed by atoms with Gasteiger partial charge in [0.15, 0.2) is 0 Å². The maximum Gasteiger partial charge on any atom is 0.132 e. The van der Waals surface area contributed by atoms with Crippen molar-refractivity contribution in [2.45, 2.75) is 39.0 Å². The van der Waals surface area contributed by atoms with Crippen LogP contribution in [-0.4, -0.2) is 35.8 Å². The fourth-order valence-electron chi connectivity index (χ4n) is 3.36. The molecule has 1 aliphatic heterocycles. The third-order valence-corrected chi connectivity index (χ3v) is 4.38. The average Bonchev–Trinajstić information content (AvgIpc) is 3.02. The minimum absolute atomic E-state index is 0.199. The zero-order valence-corrected chi connectivity index (χ0v) is 13.9. The molecule has 1 N–H and O–H groups in total. The van der Waals surface area contributed by atoms with E-state index in [0.29, 0.717) is 18.8 Å². The molecule has 1 aromatic heterocycles. The van der Waals surface area contributed by atoms with Crippen molar-refractivity contribution >= 4 is 0 Å². The van der Waals surface area contributed by atoms with Crippen LogP contribution in [-0.2, 0) is 11.3 Å². The monoisotopic (exact) mass is 315 g/mol. The van der Waals surface area contributed by atoms with Crippen LogP contribution in [0.4, 0.5) is 0 Å². The van der Waals surface area contributed by atoms with Crippen LogP contribution >= 0.6 is 0 Å².